The van der Waals surface area contributed by atoms with E-state index in [0.29, 0.717) is 19.3 Å². The minimum Gasteiger partial charge on any atom is -0.462 e. The van der Waals surface area contributed by atoms with Crippen LogP contribution in [-0.2, 0) is 28.6 Å². The van der Waals surface area contributed by atoms with Gasteiger partial charge >= 0.3 is 17.9 Å². The average molecular weight is 1140 g/mol. The Kier molecular flexibility index (Phi) is 67.6. The zero-order chi connectivity index (χ0) is 58.5. The molecule has 0 aliphatic heterocycles. The summed E-state index contributed by atoms with van der Waals surface area (Å²) in [5.41, 5.74) is 0. The second-order valence-corrected chi connectivity index (χ2v) is 24.5. The summed E-state index contributed by atoms with van der Waals surface area (Å²) in [5.74, 6) is -0.846. The van der Waals surface area contributed by atoms with Crippen molar-refractivity contribution in [3.8, 4) is 0 Å². The van der Waals surface area contributed by atoms with Crippen LogP contribution in [0, 0.1) is 0 Å². The first-order chi connectivity index (χ1) is 40.0. The molecule has 474 valence electrons. The van der Waals surface area contributed by atoms with E-state index >= 15 is 0 Å². The molecule has 0 saturated heterocycles. The van der Waals surface area contributed by atoms with Gasteiger partial charge in [0.15, 0.2) is 6.10 Å². The molecule has 0 aliphatic rings. The van der Waals surface area contributed by atoms with Gasteiger partial charge in [-0.2, -0.15) is 0 Å². The highest BCUT2D eigenvalue weighted by Gasteiger charge is 2.19. The molecule has 0 N–H and O–H groups in total. The van der Waals surface area contributed by atoms with E-state index in [-0.39, 0.29) is 31.1 Å². The minimum absolute atomic E-state index is 0.0694. The van der Waals surface area contributed by atoms with Crippen LogP contribution in [0.4, 0.5) is 0 Å². The lowest BCUT2D eigenvalue weighted by Crippen LogP contribution is -2.30. The van der Waals surface area contributed by atoms with Crippen molar-refractivity contribution in [1.82, 2.24) is 0 Å². The molecule has 0 fully saturated rings. The molecule has 1 atom stereocenters. The Morgan fingerprint density at radius 2 is 0.444 bits per heavy atom. The maximum Gasteiger partial charge on any atom is 0.306 e. The van der Waals surface area contributed by atoms with Crippen LogP contribution in [0.5, 0.6) is 0 Å². The highest BCUT2D eigenvalue weighted by atomic mass is 16.6. The van der Waals surface area contributed by atoms with Gasteiger partial charge in [-0.15, -0.1) is 0 Å². The highest BCUT2D eigenvalue weighted by molar-refractivity contribution is 5.71. The van der Waals surface area contributed by atoms with Crippen molar-refractivity contribution in [2.75, 3.05) is 13.2 Å². The minimum atomic E-state index is -0.774. The predicted octanol–water partition coefficient (Wildman–Crippen LogP) is 24.9. The summed E-state index contributed by atoms with van der Waals surface area (Å²) in [6.07, 6.45) is 88.6. The lowest BCUT2D eigenvalue weighted by molar-refractivity contribution is -0.167. The first-order valence-electron chi connectivity index (χ1n) is 36.1. The molecule has 1 unspecified atom stereocenters. The fourth-order valence-corrected chi connectivity index (χ4v) is 10.9. The van der Waals surface area contributed by atoms with Gasteiger partial charge in [-0.1, -0.05) is 339 Å². The Morgan fingerprint density at radius 3 is 0.679 bits per heavy atom. The smallest absolute Gasteiger partial charge is 0.306 e. The number of hydrogen-bond acceptors (Lipinski definition) is 6. The normalized spacial score (nSPS) is 12.3. The molecule has 0 spiro atoms. The van der Waals surface area contributed by atoms with E-state index in [2.05, 4.69) is 69.4 Å². The third-order valence-corrected chi connectivity index (χ3v) is 16.3. The van der Waals surface area contributed by atoms with Crippen LogP contribution >= 0.6 is 0 Å². The van der Waals surface area contributed by atoms with E-state index in [9.17, 15) is 14.4 Å². The first-order valence-corrected chi connectivity index (χ1v) is 36.1. The standard InChI is InChI=1S/C75H138O6/c1-4-7-10-13-16-19-22-25-27-29-31-33-34-35-36-37-38-39-40-42-43-45-47-50-53-56-59-62-65-68-74(77)80-71-72(70-79-73(76)67-64-61-58-55-52-49-24-21-18-15-12-9-6-3)81-75(78)69-66-63-60-57-54-51-48-46-44-41-32-30-28-26-23-20-17-14-11-8-5-2/h22-23,25-26,29-32,72H,4-21,24,27-28,33-71H2,1-3H3/b25-22-,26-23-,31-29-,32-30-. The molecule has 0 aromatic rings. The summed E-state index contributed by atoms with van der Waals surface area (Å²) in [5, 5.41) is 0. The molecule has 0 heterocycles. The fraction of sp³-hybridized carbons (Fsp3) is 0.853. The first kappa shape index (κ1) is 78.4. The number of carbonyl (C=O) groups is 3. The van der Waals surface area contributed by atoms with Crippen molar-refractivity contribution in [3.05, 3.63) is 48.6 Å². The fourth-order valence-electron chi connectivity index (χ4n) is 10.9. The van der Waals surface area contributed by atoms with E-state index in [0.717, 1.165) is 70.6 Å². The van der Waals surface area contributed by atoms with Crippen LogP contribution in [0.1, 0.15) is 393 Å². The SMILES string of the molecule is CCCCCCC/C=C\C/C=C\CCCCCCCCCCCCCCCCCCCC(=O)OCC(COC(=O)CCCCCCCCCCCCCCC)OC(=O)CCCCCCCCCCC/C=C\C/C=C\CCCCCCC. The molecule has 0 rings (SSSR count). The summed E-state index contributed by atoms with van der Waals surface area (Å²) < 4.78 is 17.0. The zero-order valence-electron chi connectivity index (χ0n) is 54.6. The largest absolute Gasteiger partial charge is 0.462 e. The maximum absolute atomic E-state index is 12.9. The maximum atomic E-state index is 12.9. The third-order valence-electron chi connectivity index (χ3n) is 16.3. The van der Waals surface area contributed by atoms with Crippen molar-refractivity contribution < 1.29 is 28.6 Å². The van der Waals surface area contributed by atoms with Crippen LogP contribution < -0.4 is 0 Å². The highest BCUT2D eigenvalue weighted by Crippen LogP contribution is 2.18. The molecule has 0 aliphatic carbocycles. The van der Waals surface area contributed by atoms with Gasteiger partial charge in [0.25, 0.3) is 0 Å². The van der Waals surface area contributed by atoms with Gasteiger partial charge in [-0.05, 0) is 83.5 Å². The summed E-state index contributed by atoms with van der Waals surface area (Å²) in [4.78, 5) is 38.4. The molecule has 6 heteroatoms. The average Bonchev–Trinajstić information content (AvgIpc) is 3.46. The lowest BCUT2D eigenvalue weighted by atomic mass is 10.0. The van der Waals surface area contributed by atoms with Crippen LogP contribution in [0.25, 0.3) is 0 Å². The topological polar surface area (TPSA) is 78.9 Å². The van der Waals surface area contributed by atoms with Crippen LogP contribution in [0.3, 0.4) is 0 Å². The monoisotopic (exact) mass is 1140 g/mol. The molecule has 0 aromatic heterocycles. The molecule has 0 amide bonds. The Labute approximate surface area is 505 Å². The van der Waals surface area contributed by atoms with E-state index in [1.807, 2.05) is 0 Å². The lowest BCUT2D eigenvalue weighted by Gasteiger charge is -2.18. The number of esters is 3. The van der Waals surface area contributed by atoms with Gasteiger partial charge < -0.3 is 14.2 Å². The molecular weight excluding hydrogens is 997 g/mol. The Balaban J connectivity index is 4.21. The van der Waals surface area contributed by atoms with Crippen molar-refractivity contribution in [1.29, 1.82) is 0 Å². The predicted molar refractivity (Wildman–Crippen MR) is 353 cm³/mol. The van der Waals surface area contributed by atoms with Gasteiger partial charge in [-0.25, -0.2) is 0 Å². The molecule has 6 nitrogen and oxygen atoms in total. The molecular formula is C75H138O6. The van der Waals surface area contributed by atoms with Gasteiger partial charge in [0.2, 0.25) is 0 Å². The third kappa shape index (κ3) is 68.0. The van der Waals surface area contributed by atoms with Crippen molar-refractivity contribution >= 4 is 17.9 Å². The number of carbonyl (C=O) groups excluding carboxylic acids is 3. The van der Waals surface area contributed by atoms with E-state index < -0.39 is 6.10 Å². The van der Waals surface area contributed by atoms with E-state index in [1.165, 1.54) is 283 Å². The second-order valence-electron chi connectivity index (χ2n) is 24.5. The van der Waals surface area contributed by atoms with Gasteiger partial charge in [0.1, 0.15) is 13.2 Å². The van der Waals surface area contributed by atoms with Crippen molar-refractivity contribution in [2.24, 2.45) is 0 Å². The molecule has 0 radical (unpaired) electrons. The van der Waals surface area contributed by atoms with Crippen LogP contribution in [0.2, 0.25) is 0 Å². The molecule has 0 saturated carbocycles. The van der Waals surface area contributed by atoms with Crippen LogP contribution in [0.15, 0.2) is 48.6 Å². The Morgan fingerprint density at radius 1 is 0.247 bits per heavy atom. The van der Waals surface area contributed by atoms with Crippen LogP contribution in [-0.4, -0.2) is 37.2 Å². The summed E-state index contributed by atoms with van der Waals surface area (Å²) in [6, 6.07) is 0. The number of hydrogen-bond donors (Lipinski definition) is 0. The van der Waals surface area contributed by atoms with E-state index in [1.54, 1.807) is 0 Å². The molecule has 81 heavy (non-hydrogen) atoms. The zero-order valence-corrected chi connectivity index (χ0v) is 54.6. The van der Waals surface area contributed by atoms with Crippen molar-refractivity contribution in [3.63, 3.8) is 0 Å². The van der Waals surface area contributed by atoms with Gasteiger partial charge in [0.05, 0.1) is 0 Å². The number of rotatable bonds is 67. The number of unbranched alkanes of at least 4 members (excludes halogenated alkanes) is 48. The molecule has 0 bridgehead atoms. The van der Waals surface area contributed by atoms with Gasteiger partial charge in [0, 0.05) is 19.3 Å². The second kappa shape index (κ2) is 69.9. The quantitative estimate of drug-likeness (QED) is 0.0261. The number of allylic oxidation sites excluding steroid dienone is 8. The van der Waals surface area contributed by atoms with E-state index in [4.69, 9.17) is 14.2 Å². The summed E-state index contributed by atoms with van der Waals surface area (Å²) in [7, 11) is 0. The number of ether oxygens (including phenoxy) is 3. The summed E-state index contributed by atoms with van der Waals surface area (Å²) in [6.45, 7) is 6.68. The van der Waals surface area contributed by atoms with Gasteiger partial charge in [-0.3, -0.25) is 14.4 Å². The molecule has 0 aromatic carbocycles. The Bertz CT molecular complexity index is 1400. The Hall–Kier alpha value is -2.63. The van der Waals surface area contributed by atoms with Crippen molar-refractivity contribution in [2.45, 2.75) is 399 Å². The summed E-state index contributed by atoms with van der Waals surface area (Å²) >= 11 is 0.